The summed E-state index contributed by atoms with van der Waals surface area (Å²) in [5.41, 5.74) is 0. The minimum Gasteiger partial charge on any atom is -0.755 e. The van der Waals surface area contributed by atoms with E-state index in [0.29, 0.717) is 24.6 Å². The zero-order chi connectivity index (χ0) is 9.24. The van der Waals surface area contributed by atoms with Gasteiger partial charge in [-0.3, -0.25) is 9.13 Å². The molecular formula is Li2O8P2S2. The Kier molecular flexibility index (Phi) is 9.82. The van der Waals surface area contributed by atoms with E-state index in [1.807, 2.05) is 0 Å². The Bertz CT molecular complexity index is 214. The molecule has 14 heavy (non-hydrogen) atoms. The Hall–Kier alpha value is 2.11. The van der Waals surface area contributed by atoms with Crippen molar-refractivity contribution in [3.8, 4) is 0 Å². The molecule has 0 aliphatic carbocycles. The van der Waals surface area contributed by atoms with Crippen LogP contribution in [0.1, 0.15) is 0 Å². The molecule has 0 atom stereocenters. The van der Waals surface area contributed by atoms with Gasteiger partial charge in [0.2, 0.25) is 0 Å². The van der Waals surface area contributed by atoms with E-state index in [-0.39, 0.29) is 37.7 Å². The van der Waals surface area contributed by atoms with Gasteiger partial charge >= 0.3 is 37.7 Å². The summed E-state index contributed by atoms with van der Waals surface area (Å²) >= 11 is 0.937. The smallest absolute Gasteiger partial charge is 0.755 e. The quantitative estimate of drug-likeness (QED) is 0.239. The van der Waals surface area contributed by atoms with Crippen LogP contribution in [-0.2, 0) is 25.0 Å². The molecule has 2 aliphatic rings. The Morgan fingerprint density at radius 1 is 0.786 bits per heavy atom. The normalized spacial score (nSPS) is 24.7. The molecule has 2 fully saturated rings. The van der Waals surface area contributed by atoms with Gasteiger partial charge in [0.05, 0.1) is 0 Å². The van der Waals surface area contributed by atoms with Gasteiger partial charge in [-0.1, -0.05) is 0 Å². The van der Waals surface area contributed by atoms with Gasteiger partial charge in [-0.25, -0.2) is 15.9 Å². The van der Waals surface area contributed by atoms with E-state index in [2.05, 4.69) is 15.9 Å². The molecular weight excluding hydrogens is 268 g/mol. The minimum atomic E-state index is -3.75. The second kappa shape index (κ2) is 7.44. The molecule has 0 aromatic heterocycles. The van der Waals surface area contributed by atoms with Crippen LogP contribution in [0.2, 0.25) is 0 Å². The summed E-state index contributed by atoms with van der Waals surface area (Å²) in [7, 11) is -7.51. The predicted molar refractivity (Wildman–Crippen MR) is 34.7 cm³/mol. The van der Waals surface area contributed by atoms with Crippen molar-refractivity contribution in [2.45, 2.75) is 0 Å². The topological polar surface area (TPSA) is 117 Å². The van der Waals surface area contributed by atoms with Gasteiger partial charge < -0.3 is 9.79 Å². The molecule has 0 amide bonds. The first-order chi connectivity index (χ1) is 5.41. The summed E-state index contributed by atoms with van der Waals surface area (Å²) < 4.78 is 34.5. The van der Waals surface area contributed by atoms with Crippen molar-refractivity contribution in [3.05, 3.63) is 0 Å². The third kappa shape index (κ3) is 7.40. The molecule has 8 nitrogen and oxygen atoms in total. The molecule has 0 spiro atoms. The monoisotopic (exact) mass is 268 g/mol. The van der Waals surface area contributed by atoms with Crippen LogP contribution < -0.4 is 47.5 Å². The molecule has 0 bridgehead atoms. The third-order valence-electron chi connectivity index (χ3n) is 0.487. The summed E-state index contributed by atoms with van der Waals surface area (Å²) in [5.74, 6) is 0. The van der Waals surface area contributed by atoms with Gasteiger partial charge in [-0.15, -0.1) is 0 Å². The van der Waals surface area contributed by atoms with Crippen molar-refractivity contribution in [2.75, 3.05) is 0 Å². The molecule has 0 N–H and O–H groups in total. The molecule has 0 unspecified atom stereocenters. The zero-order valence-electron chi connectivity index (χ0n) is 6.98. The van der Waals surface area contributed by atoms with E-state index >= 15 is 0 Å². The molecule has 0 aromatic rings. The molecule has 2 saturated heterocycles. The molecule has 72 valence electrons. The van der Waals surface area contributed by atoms with Crippen LogP contribution in [0.4, 0.5) is 0 Å². The number of hydrogen-bond acceptors (Lipinski definition) is 10. The van der Waals surface area contributed by atoms with Crippen LogP contribution in [0, 0.1) is 0 Å². The molecule has 2 rings (SSSR count). The van der Waals surface area contributed by atoms with E-state index in [1.165, 1.54) is 0 Å². The average Bonchev–Trinajstić information content (AvgIpc) is 1.83. The molecule has 2 heterocycles. The zero-order valence-corrected chi connectivity index (χ0v) is 10.4. The fraction of sp³-hybridized carbons (Fsp3) is 0. The van der Waals surface area contributed by atoms with Crippen molar-refractivity contribution in [1.29, 1.82) is 0 Å². The molecule has 0 radical (unpaired) electrons. The molecule has 0 saturated carbocycles. The van der Waals surface area contributed by atoms with Crippen LogP contribution in [0.5, 0.6) is 0 Å². The fourth-order valence-corrected chi connectivity index (χ4v) is 1.44. The Morgan fingerprint density at radius 2 is 0.929 bits per heavy atom. The van der Waals surface area contributed by atoms with Crippen molar-refractivity contribution in [3.63, 3.8) is 0 Å². The Morgan fingerprint density at radius 3 is 0.929 bits per heavy atom. The van der Waals surface area contributed by atoms with E-state index < -0.39 is 15.6 Å². The SMILES string of the molecule is O=P1([O-])OSO1.O=P1([O-])OSO1.[Li+].[Li+]. The predicted octanol–water partition coefficient (Wildman–Crippen LogP) is -5.86. The van der Waals surface area contributed by atoms with Gasteiger partial charge in [-0.2, -0.15) is 0 Å². The molecule has 2 aliphatic heterocycles. The third-order valence-corrected chi connectivity index (χ3v) is 4.38. The van der Waals surface area contributed by atoms with Crippen LogP contribution in [0.3, 0.4) is 0 Å². The summed E-state index contributed by atoms with van der Waals surface area (Å²) in [5, 5.41) is 0. The van der Waals surface area contributed by atoms with Crippen molar-refractivity contribution in [2.24, 2.45) is 0 Å². The number of rotatable bonds is 0. The van der Waals surface area contributed by atoms with E-state index in [0.717, 1.165) is 0 Å². The molecule has 0 aromatic carbocycles. The van der Waals surface area contributed by atoms with Gasteiger partial charge in [-0.05, 0) is 0 Å². The summed E-state index contributed by atoms with van der Waals surface area (Å²) in [6, 6.07) is 0. The van der Waals surface area contributed by atoms with Gasteiger partial charge in [0, 0.05) is 0 Å². The maximum Gasteiger partial charge on any atom is 1.00 e. The Balaban J connectivity index is 0. The van der Waals surface area contributed by atoms with Crippen molar-refractivity contribution >= 4 is 40.3 Å². The summed E-state index contributed by atoms with van der Waals surface area (Å²) in [6.07, 6.45) is 0. The van der Waals surface area contributed by atoms with Crippen LogP contribution in [-0.4, -0.2) is 0 Å². The van der Waals surface area contributed by atoms with E-state index in [4.69, 9.17) is 0 Å². The molecule has 14 heteroatoms. The summed E-state index contributed by atoms with van der Waals surface area (Å²) in [6.45, 7) is 0. The van der Waals surface area contributed by atoms with Gasteiger partial charge in [0.25, 0.3) is 15.6 Å². The first-order valence-corrected chi connectivity index (χ1v) is 6.38. The van der Waals surface area contributed by atoms with Gasteiger partial charge in [0.15, 0.2) is 24.6 Å². The van der Waals surface area contributed by atoms with Crippen molar-refractivity contribution in [1.82, 2.24) is 0 Å². The standard InChI is InChI=1S/2Li.2HO4PS/c;;2*1-5(2)3-6-4-5/h;;2*(H,1,2)/q2*+1;;/p-2. The van der Waals surface area contributed by atoms with E-state index in [9.17, 15) is 18.9 Å². The number of hydrogen-bond donors (Lipinski definition) is 0. The van der Waals surface area contributed by atoms with Crippen LogP contribution in [0.15, 0.2) is 0 Å². The summed E-state index contributed by atoms with van der Waals surface area (Å²) in [4.78, 5) is 19.3. The average molecular weight is 268 g/mol. The second-order valence-corrected chi connectivity index (χ2v) is 5.77. The van der Waals surface area contributed by atoms with Crippen LogP contribution >= 0.6 is 40.3 Å². The van der Waals surface area contributed by atoms with Crippen molar-refractivity contribution < 1.29 is 72.5 Å². The maximum absolute atomic E-state index is 9.65. The largest absolute Gasteiger partial charge is 1.00 e. The van der Waals surface area contributed by atoms with Crippen LogP contribution in [0.25, 0.3) is 0 Å². The first kappa shape index (κ1) is 18.5. The fourth-order valence-electron chi connectivity index (χ4n) is 0.160. The van der Waals surface area contributed by atoms with Gasteiger partial charge in [0.1, 0.15) is 0 Å². The van der Waals surface area contributed by atoms with E-state index in [1.54, 1.807) is 0 Å². The minimum absolute atomic E-state index is 0. The second-order valence-electron chi connectivity index (χ2n) is 1.33. The number of phosphoric acid groups is 2. The maximum atomic E-state index is 9.65. The first-order valence-electron chi connectivity index (χ1n) is 2.13. The Labute approximate surface area is 112 Å².